The van der Waals surface area contributed by atoms with Crippen LogP contribution in [0.2, 0.25) is 0 Å². The van der Waals surface area contributed by atoms with Crippen molar-refractivity contribution in [2.24, 2.45) is 0 Å². The molecule has 0 aliphatic heterocycles. The Labute approximate surface area is 103 Å². The predicted molar refractivity (Wildman–Crippen MR) is 66.7 cm³/mol. The first-order valence-corrected chi connectivity index (χ1v) is 5.48. The summed E-state index contributed by atoms with van der Waals surface area (Å²) in [6.45, 7) is 1.93. The second-order valence-electron chi connectivity index (χ2n) is 3.96. The maximum atomic E-state index is 11.2. The van der Waals surface area contributed by atoms with Crippen LogP contribution in [0.1, 0.15) is 17.3 Å². The Balaban J connectivity index is 2.55. The summed E-state index contributed by atoms with van der Waals surface area (Å²) in [5.74, 6) is -0.616. The molecular formula is C12H13N3O3. The minimum Gasteiger partial charge on any atom is -0.478 e. The molecule has 6 heteroatoms. The summed E-state index contributed by atoms with van der Waals surface area (Å²) in [6, 6.07) is 4.86. The molecule has 1 heterocycles. The van der Waals surface area contributed by atoms with Crippen molar-refractivity contribution in [2.75, 3.05) is 11.9 Å². The van der Waals surface area contributed by atoms with E-state index in [0.717, 1.165) is 0 Å². The molecule has 0 saturated heterocycles. The molecule has 94 valence electrons. The molecule has 0 aliphatic carbocycles. The Morgan fingerprint density at radius 3 is 2.89 bits per heavy atom. The van der Waals surface area contributed by atoms with Crippen LogP contribution in [0.3, 0.4) is 0 Å². The Morgan fingerprint density at radius 2 is 2.22 bits per heavy atom. The summed E-state index contributed by atoms with van der Waals surface area (Å²) in [7, 11) is 0. The molecule has 0 fully saturated rings. The number of nitrogens with one attached hydrogen (secondary N) is 1. The summed E-state index contributed by atoms with van der Waals surface area (Å²) in [4.78, 5) is 19.2. The van der Waals surface area contributed by atoms with Gasteiger partial charge in [0.2, 0.25) is 0 Å². The lowest BCUT2D eigenvalue weighted by Gasteiger charge is -2.11. The molecule has 2 aromatic rings. The zero-order valence-electron chi connectivity index (χ0n) is 9.79. The van der Waals surface area contributed by atoms with Crippen molar-refractivity contribution >= 4 is 22.7 Å². The number of aliphatic hydroxyl groups excluding tert-OH is 1. The van der Waals surface area contributed by atoms with Crippen LogP contribution in [-0.2, 0) is 0 Å². The van der Waals surface area contributed by atoms with E-state index in [4.69, 9.17) is 5.11 Å². The number of nitrogens with zero attached hydrogens (tertiary/aromatic N) is 2. The van der Waals surface area contributed by atoms with Gasteiger partial charge in [-0.05, 0) is 19.1 Å². The van der Waals surface area contributed by atoms with Crippen LogP contribution >= 0.6 is 0 Å². The first-order chi connectivity index (χ1) is 8.59. The summed E-state index contributed by atoms with van der Waals surface area (Å²) in [5, 5.41) is 21.8. The molecule has 6 nitrogen and oxygen atoms in total. The van der Waals surface area contributed by atoms with Gasteiger partial charge in [0.1, 0.15) is 12.1 Å². The third-order valence-electron chi connectivity index (χ3n) is 2.46. The van der Waals surface area contributed by atoms with Gasteiger partial charge in [0.15, 0.2) is 0 Å². The first-order valence-electron chi connectivity index (χ1n) is 5.48. The summed E-state index contributed by atoms with van der Waals surface area (Å²) < 4.78 is 0. The van der Waals surface area contributed by atoms with Crippen LogP contribution in [-0.4, -0.2) is 38.8 Å². The van der Waals surface area contributed by atoms with Gasteiger partial charge in [-0.2, -0.15) is 0 Å². The largest absolute Gasteiger partial charge is 0.478 e. The number of carbonyl (C=O) groups is 1. The van der Waals surface area contributed by atoms with E-state index >= 15 is 0 Å². The molecule has 2 rings (SSSR count). The zero-order valence-corrected chi connectivity index (χ0v) is 9.79. The molecule has 1 unspecified atom stereocenters. The third-order valence-corrected chi connectivity index (χ3v) is 2.46. The van der Waals surface area contributed by atoms with Crippen LogP contribution in [0.4, 0.5) is 5.82 Å². The number of fused-ring (bicyclic) bond motifs is 1. The monoisotopic (exact) mass is 247 g/mol. The van der Waals surface area contributed by atoms with E-state index in [9.17, 15) is 9.90 Å². The van der Waals surface area contributed by atoms with Crippen molar-refractivity contribution in [2.45, 2.75) is 13.0 Å². The predicted octanol–water partition coefficient (Wildman–Crippen LogP) is 1.12. The maximum Gasteiger partial charge on any atom is 0.336 e. The molecule has 3 N–H and O–H groups in total. The molecule has 1 aromatic carbocycles. The number of carboxylic acid groups (broad SMARTS) is 1. The highest BCUT2D eigenvalue weighted by atomic mass is 16.4. The summed E-state index contributed by atoms with van der Waals surface area (Å²) in [6.07, 6.45) is 0.810. The van der Waals surface area contributed by atoms with Crippen LogP contribution < -0.4 is 5.32 Å². The molecular weight excluding hydrogens is 234 g/mol. The average Bonchev–Trinajstić information content (AvgIpc) is 2.35. The Morgan fingerprint density at radius 1 is 1.44 bits per heavy atom. The molecule has 0 saturated carbocycles. The van der Waals surface area contributed by atoms with Crippen molar-refractivity contribution < 1.29 is 15.0 Å². The van der Waals surface area contributed by atoms with Gasteiger partial charge >= 0.3 is 5.97 Å². The molecule has 1 atom stereocenters. The van der Waals surface area contributed by atoms with Gasteiger partial charge in [-0.1, -0.05) is 6.07 Å². The lowest BCUT2D eigenvalue weighted by molar-refractivity contribution is 0.0699. The van der Waals surface area contributed by atoms with Crippen LogP contribution in [0, 0.1) is 0 Å². The average molecular weight is 247 g/mol. The number of benzene rings is 1. The zero-order chi connectivity index (χ0) is 13.1. The third kappa shape index (κ3) is 2.38. The Kier molecular flexibility index (Phi) is 3.38. The van der Waals surface area contributed by atoms with Crippen molar-refractivity contribution in [3.05, 3.63) is 30.1 Å². The number of hydrogen-bond acceptors (Lipinski definition) is 5. The number of aliphatic hydroxyl groups is 1. The van der Waals surface area contributed by atoms with Crippen molar-refractivity contribution in [1.29, 1.82) is 0 Å². The van der Waals surface area contributed by atoms with Gasteiger partial charge in [-0.25, -0.2) is 14.8 Å². The van der Waals surface area contributed by atoms with Crippen molar-refractivity contribution in [3.8, 4) is 0 Å². The number of hydrogen-bond donors (Lipinski definition) is 3. The van der Waals surface area contributed by atoms with E-state index in [1.54, 1.807) is 19.1 Å². The molecule has 18 heavy (non-hydrogen) atoms. The van der Waals surface area contributed by atoms with Crippen LogP contribution in [0.15, 0.2) is 24.5 Å². The quantitative estimate of drug-likeness (QED) is 0.749. The number of anilines is 1. The van der Waals surface area contributed by atoms with Gasteiger partial charge in [-0.3, -0.25) is 0 Å². The van der Waals surface area contributed by atoms with Gasteiger partial charge < -0.3 is 15.5 Å². The summed E-state index contributed by atoms with van der Waals surface area (Å²) >= 11 is 0. The molecule has 0 bridgehead atoms. The number of carboxylic acids is 1. The van der Waals surface area contributed by atoms with E-state index in [2.05, 4.69) is 15.3 Å². The number of aromatic nitrogens is 2. The van der Waals surface area contributed by atoms with E-state index in [1.165, 1.54) is 12.4 Å². The lowest BCUT2D eigenvalue weighted by Crippen LogP contribution is -2.16. The van der Waals surface area contributed by atoms with E-state index < -0.39 is 12.1 Å². The Bertz CT molecular complexity index is 579. The maximum absolute atomic E-state index is 11.2. The minimum atomic E-state index is -1.03. The highest BCUT2D eigenvalue weighted by molar-refractivity contribution is 6.06. The smallest absolute Gasteiger partial charge is 0.336 e. The SMILES string of the molecule is CC(O)CNc1ncnc2cccc(C(=O)O)c12. The van der Waals surface area contributed by atoms with Crippen LogP contribution in [0.5, 0.6) is 0 Å². The molecule has 1 aromatic heterocycles. The molecule has 0 spiro atoms. The lowest BCUT2D eigenvalue weighted by atomic mass is 10.1. The fraction of sp³-hybridized carbons (Fsp3) is 0.250. The number of aromatic carboxylic acids is 1. The van der Waals surface area contributed by atoms with Gasteiger partial charge in [-0.15, -0.1) is 0 Å². The second-order valence-corrected chi connectivity index (χ2v) is 3.96. The van der Waals surface area contributed by atoms with E-state index in [0.29, 0.717) is 23.3 Å². The minimum absolute atomic E-state index is 0.140. The Hall–Kier alpha value is -2.21. The molecule has 0 radical (unpaired) electrons. The molecule has 0 aliphatic rings. The molecule has 0 amide bonds. The second kappa shape index (κ2) is 4.97. The van der Waals surface area contributed by atoms with E-state index in [-0.39, 0.29) is 5.56 Å². The normalized spacial score (nSPS) is 12.3. The van der Waals surface area contributed by atoms with Gasteiger partial charge in [0.05, 0.1) is 22.6 Å². The number of rotatable bonds is 4. The topological polar surface area (TPSA) is 95.3 Å². The first kappa shape index (κ1) is 12.3. The van der Waals surface area contributed by atoms with Crippen molar-refractivity contribution in [1.82, 2.24) is 9.97 Å². The fourth-order valence-electron chi connectivity index (χ4n) is 1.67. The standard InChI is InChI=1S/C12H13N3O3/c1-7(16)5-13-11-10-8(12(17)18)3-2-4-9(10)14-6-15-11/h2-4,6-7,16H,5H2,1H3,(H,17,18)(H,13,14,15). The van der Waals surface area contributed by atoms with Crippen LogP contribution in [0.25, 0.3) is 10.9 Å². The highest BCUT2D eigenvalue weighted by Crippen LogP contribution is 2.23. The van der Waals surface area contributed by atoms with Crippen molar-refractivity contribution in [3.63, 3.8) is 0 Å². The van der Waals surface area contributed by atoms with Gasteiger partial charge in [0.25, 0.3) is 0 Å². The highest BCUT2D eigenvalue weighted by Gasteiger charge is 2.13. The van der Waals surface area contributed by atoms with E-state index in [1.807, 2.05) is 0 Å². The fourth-order valence-corrected chi connectivity index (χ4v) is 1.67. The van der Waals surface area contributed by atoms with Gasteiger partial charge in [0, 0.05) is 6.54 Å². The summed E-state index contributed by atoms with van der Waals surface area (Å²) in [5.41, 5.74) is 0.694.